The Morgan fingerprint density at radius 1 is 1.24 bits per heavy atom. The third-order valence-corrected chi connectivity index (χ3v) is 4.37. The van der Waals surface area contributed by atoms with E-state index in [9.17, 15) is 9.90 Å². The number of aromatic amines is 1. The predicted molar refractivity (Wildman–Crippen MR) is 96.8 cm³/mol. The maximum atomic E-state index is 11.2. The first-order valence-corrected chi connectivity index (χ1v) is 8.33. The van der Waals surface area contributed by atoms with Crippen molar-refractivity contribution in [2.24, 2.45) is 0 Å². The molecule has 4 rings (SSSR count). The number of rotatable bonds is 4. The third-order valence-electron chi connectivity index (χ3n) is 4.37. The Morgan fingerprint density at radius 2 is 2.04 bits per heavy atom. The molecule has 0 radical (unpaired) electrons. The lowest BCUT2D eigenvalue weighted by Crippen LogP contribution is -2.20. The third kappa shape index (κ3) is 3.00. The van der Waals surface area contributed by atoms with Crippen LogP contribution in [0.1, 0.15) is 28.9 Å². The predicted octanol–water partition coefficient (Wildman–Crippen LogP) is 3.31. The summed E-state index contributed by atoms with van der Waals surface area (Å²) in [5.41, 5.74) is 2.71. The number of anilines is 3. The molecule has 0 aliphatic carbocycles. The number of fused-ring (bicyclic) bond motifs is 1. The van der Waals surface area contributed by atoms with Crippen LogP contribution in [0.5, 0.6) is 0 Å². The quantitative estimate of drug-likeness (QED) is 0.676. The van der Waals surface area contributed by atoms with E-state index >= 15 is 0 Å². The number of nitrogens with zero attached hydrogens (tertiary/aromatic N) is 3. The summed E-state index contributed by atoms with van der Waals surface area (Å²) in [7, 11) is 0. The van der Waals surface area contributed by atoms with Crippen LogP contribution in [0.15, 0.2) is 30.3 Å². The standard InChI is InChI=1S/C18H19N5O2/c1-11-9-14-15(19-11)21-18(23-7-2-3-8-23)22-16(14)20-13-6-4-5-12(10-13)17(24)25/h4-6,9-10H,2-3,7-8H2,1H3,(H,24,25)(H2,19,20,21,22). The topological polar surface area (TPSA) is 94.1 Å². The molecule has 1 fully saturated rings. The molecular formula is C18H19N5O2. The monoisotopic (exact) mass is 337 g/mol. The van der Waals surface area contributed by atoms with Crippen molar-refractivity contribution < 1.29 is 9.90 Å². The summed E-state index contributed by atoms with van der Waals surface area (Å²) in [5, 5.41) is 13.3. The Balaban J connectivity index is 1.76. The van der Waals surface area contributed by atoms with E-state index in [4.69, 9.17) is 4.98 Å². The number of benzene rings is 1. The molecule has 0 unspecified atom stereocenters. The number of H-pyrrole nitrogens is 1. The molecule has 0 atom stereocenters. The summed E-state index contributed by atoms with van der Waals surface area (Å²) in [6, 6.07) is 8.71. The molecule has 3 heterocycles. The molecule has 25 heavy (non-hydrogen) atoms. The fourth-order valence-electron chi connectivity index (χ4n) is 3.15. The fraction of sp³-hybridized carbons (Fsp3) is 0.278. The van der Waals surface area contributed by atoms with Crippen LogP contribution in [0.2, 0.25) is 0 Å². The van der Waals surface area contributed by atoms with E-state index in [1.165, 1.54) is 0 Å². The van der Waals surface area contributed by atoms with Crippen LogP contribution < -0.4 is 10.2 Å². The minimum atomic E-state index is -0.952. The van der Waals surface area contributed by atoms with Gasteiger partial charge in [-0.3, -0.25) is 0 Å². The second kappa shape index (κ2) is 6.08. The van der Waals surface area contributed by atoms with Crippen molar-refractivity contribution in [2.45, 2.75) is 19.8 Å². The molecule has 1 aliphatic heterocycles. The number of carboxylic acid groups (broad SMARTS) is 1. The van der Waals surface area contributed by atoms with Crippen LogP contribution in [0.3, 0.4) is 0 Å². The number of aryl methyl sites for hydroxylation is 1. The van der Waals surface area contributed by atoms with Crippen LogP contribution in [0, 0.1) is 6.92 Å². The molecule has 1 saturated heterocycles. The Morgan fingerprint density at radius 3 is 2.80 bits per heavy atom. The van der Waals surface area contributed by atoms with Gasteiger partial charge < -0.3 is 20.3 Å². The average molecular weight is 337 g/mol. The Labute approximate surface area is 144 Å². The van der Waals surface area contributed by atoms with Gasteiger partial charge >= 0.3 is 5.97 Å². The van der Waals surface area contributed by atoms with Crippen molar-refractivity contribution in [3.63, 3.8) is 0 Å². The van der Waals surface area contributed by atoms with Gasteiger partial charge in [0.05, 0.1) is 10.9 Å². The molecule has 1 aliphatic rings. The van der Waals surface area contributed by atoms with Gasteiger partial charge in [0.25, 0.3) is 0 Å². The smallest absolute Gasteiger partial charge is 0.335 e. The van der Waals surface area contributed by atoms with Crippen LogP contribution >= 0.6 is 0 Å². The van der Waals surface area contributed by atoms with Gasteiger partial charge in [-0.25, -0.2) is 4.79 Å². The van der Waals surface area contributed by atoms with Crippen molar-refractivity contribution in [1.82, 2.24) is 15.0 Å². The Bertz CT molecular complexity index is 944. The number of aromatic nitrogens is 3. The number of carbonyl (C=O) groups is 1. The second-order valence-corrected chi connectivity index (χ2v) is 6.29. The molecule has 128 valence electrons. The minimum Gasteiger partial charge on any atom is -0.478 e. The van der Waals surface area contributed by atoms with Gasteiger partial charge in [-0.05, 0) is 44.0 Å². The van der Waals surface area contributed by atoms with E-state index in [1.54, 1.807) is 18.2 Å². The molecule has 0 amide bonds. The second-order valence-electron chi connectivity index (χ2n) is 6.29. The molecule has 2 aromatic heterocycles. The van der Waals surface area contributed by atoms with E-state index in [-0.39, 0.29) is 5.56 Å². The van der Waals surface area contributed by atoms with Crippen molar-refractivity contribution in [3.05, 3.63) is 41.6 Å². The number of hydrogen-bond donors (Lipinski definition) is 3. The first-order valence-electron chi connectivity index (χ1n) is 8.33. The van der Waals surface area contributed by atoms with Gasteiger partial charge in [-0.15, -0.1) is 0 Å². The van der Waals surface area contributed by atoms with Crippen molar-refractivity contribution in [1.29, 1.82) is 0 Å². The van der Waals surface area contributed by atoms with Crippen LogP contribution in [0.25, 0.3) is 11.0 Å². The average Bonchev–Trinajstić information content (AvgIpc) is 3.23. The van der Waals surface area contributed by atoms with Crippen molar-refractivity contribution in [3.8, 4) is 0 Å². The minimum absolute atomic E-state index is 0.236. The number of aromatic carboxylic acids is 1. The summed E-state index contributed by atoms with van der Waals surface area (Å²) in [4.78, 5) is 26.0. The number of hydrogen-bond acceptors (Lipinski definition) is 5. The highest BCUT2D eigenvalue weighted by Gasteiger charge is 2.18. The highest BCUT2D eigenvalue weighted by molar-refractivity contribution is 5.92. The van der Waals surface area contributed by atoms with Gasteiger partial charge in [0, 0.05) is 24.5 Å². The summed E-state index contributed by atoms with van der Waals surface area (Å²) in [6.45, 7) is 3.89. The van der Waals surface area contributed by atoms with Crippen molar-refractivity contribution >= 4 is 34.5 Å². The number of carboxylic acids is 1. The highest BCUT2D eigenvalue weighted by Crippen LogP contribution is 2.28. The van der Waals surface area contributed by atoms with E-state index in [0.29, 0.717) is 17.5 Å². The molecule has 3 aromatic rings. The van der Waals surface area contributed by atoms with E-state index < -0.39 is 5.97 Å². The summed E-state index contributed by atoms with van der Waals surface area (Å²) in [6.07, 6.45) is 2.29. The zero-order valence-electron chi connectivity index (χ0n) is 13.9. The zero-order chi connectivity index (χ0) is 17.4. The molecule has 7 nitrogen and oxygen atoms in total. The van der Waals surface area contributed by atoms with Gasteiger partial charge in [0.15, 0.2) is 0 Å². The van der Waals surface area contributed by atoms with E-state index in [1.807, 2.05) is 19.1 Å². The maximum Gasteiger partial charge on any atom is 0.335 e. The largest absolute Gasteiger partial charge is 0.478 e. The fourth-order valence-corrected chi connectivity index (χ4v) is 3.15. The zero-order valence-corrected chi connectivity index (χ0v) is 13.9. The molecule has 0 bridgehead atoms. The van der Waals surface area contributed by atoms with Crippen LogP contribution in [0.4, 0.5) is 17.5 Å². The molecule has 0 saturated carbocycles. The van der Waals surface area contributed by atoms with Crippen LogP contribution in [-0.2, 0) is 0 Å². The lowest BCUT2D eigenvalue weighted by Gasteiger charge is -2.17. The Hall–Kier alpha value is -3.09. The van der Waals surface area contributed by atoms with Crippen LogP contribution in [-0.4, -0.2) is 39.1 Å². The Kier molecular flexibility index (Phi) is 3.76. The summed E-state index contributed by atoms with van der Waals surface area (Å²) < 4.78 is 0. The van der Waals surface area contributed by atoms with Gasteiger partial charge in [0.2, 0.25) is 5.95 Å². The maximum absolute atomic E-state index is 11.2. The molecule has 1 aromatic carbocycles. The van der Waals surface area contributed by atoms with Gasteiger partial charge in [-0.2, -0.15) is 9.97 Å². The first-order chi connectivity index (χ1) is 12.1. The van der Waals surface area contributed by atoms with E-state index in [2.05, 4.69) is 20.2 Å². The molecular weight excluding hydrogens is 318 g/mol. The highest BCUT2D eigenvalue weighted by atomic mass is 16.4. The molecule has 3 N–H and O–H groups in total. The van der Waals surface area contributed by atoms with E-state index in [0.717, 1.165) is 42.7 Å². The first kappa shape index (κ1) is 15.4. The molecule has 7 heteroatoms. The summed E-state index contributed by atoms with van der Waals surface area (Å²) in [5.74, 6) is 0.425. The van der Waals surface area contributed by atoms with Gasteiger partial charge in [-0.1, -0.05) is 6.07 Å². The number of nitrogens with one attached hydrogen (secondary N) is 2. The SMILES string of the molecule is Cc1cc2c(Nc3cccc(C(=O)O)c3)nc(N3CCCC3)nc2[nH]1. The molecule has 0 spiro atoms. The normalized spacial score (nSPS) is 14.2. The van der Waals surface area contributed by atoms with Gasteiger partial charge in [0.1, 0.15) is 11.5 Å². The summed E-state index contributed by atoms with van der Waals surface area (Å²) >= 11 is 0. The lowest BCUT2D eigenvalue weighted by atomic mass is 10.2. The van der Waals surface area contributed by atoms with Crippen molar-refractivity contribution in [2.75, 3.05) is 23.3 Å². The lowest BCUT2D eigenvalue weighted by molar-refractivity contribution is 0.0697.